The Bertz CT molecular complexity index is 857. The number of ether oxygens (including phenoxy) is 2. The first-order valence-electron chi connectivity index (χ1n) is 12.2. The lowest BCUT2D eigenvalue weighted by atomic mass is 9.92. The highest BCUT2D eigenvalue weighted by molar-refractivity contribution is 6.33. The summed E-state index contributed by atoms with van der Waals surface area (Å²) in [6.07, 6.45) is 3.93. The first-order chi connectivity index (χ1) is 16.1. The van der Waals surface area contributed by atoms with Crippen LogP contribution < -0.4 is 15.8 Å². The molecule has 0 aliphatic carbocycles. The molecule has 9 heteroatoms. The summed E-state index contributed by atoms with van der Waals surface area (Å²) in [5, 5.41) is 3.38. The lowest BCUT2D eigenvalue weighted by Crippen LogP contribution is -2.45. The Labute approximate surface area is 208 Å². The van der Waals surface area contributed by atoms with E-state index in [2.05, 4.69) is 10.2 Å². The minimum Gasteiger partial charge on any atom is -0.496 e. The molecule has 0 spiro atoms. The second kappa shape index (κ2) is 11.5. The molecule has 0 saturated carbocycles. The summed E-state index contributed by atoms with van der Waals surface area (Å²) in [6, 6.07) is 3.13. The maximum Gasteiger partial charge on any atom is 0.410 e. The van der Waals surface area contributed by atoms with Crippen molar-refractivity contribution >= 4 is 29.3 Å². The summed E-state index contributed by atoms with van der Waals surface area (Å²) in [5.41, 5.74) is 6.14. The molecule has 2 aliphatic heterocycles. The van der Waals surface area contributed by atoms with Crippen molar-refractivity contribution in [3.05, 3.63) is 22.7 Å². The van der Waals surface area contributed by atoms with Crippen molar-refractivity contribution in [2.75, 3.05) is 52.1 Å². The molecule has 0 unspecified atom stereocenters. The second-order valence-electron chi connectivity index (χ2n) is 10.4. The van der Waals surface area contributed by atoms with Crippen LogP contribution in [-0.4, -0.2) is 73.8 Å². The summed E-state index contributed by atoms with van der Waals surface area (Å²) in [4.78, 5) is 29.3. The fourth-order valence-electron chi connectivity index (χ4n) is 4.61. The number of nitrogens with zero attached hydrogens (tertiary/aromatic N) is 2. The largest absolute Gasteiger partial charge is 0.496 e. The normalized spacial score (nSPS) is 18.6. The van der Waals surface area contributed by atoms with Crippen LogP contribution in [0.4, 0.5) is 10.5 Å². The molecule has 2 fully saturated rings. The number of methoxy groups -OCH3 is 1. The number of likely N-dealkylation sites (tertiary alicyclic amines) is 2. The van der Waals surface area contributed by atoms with Crippen LogP contribution in [0.5, 0.6) is 5.75 Å². The molecular weight excluding hydrogens is 456 g/mol. The van der Waals surface area contributed by atoms with E-state index in [4.69, 9.17) is 26.8 Å². The van der Waals surface area contributed by atoms with Gasteiger partial charge < -0.3 is 30.3 Å². The standard InChI is InChI=1S/C25H39ClN4O4/c1-25(2,3)34-24(32)30-11-7-18(8-12-30)16-29-9-5-17(6-10-29)15-28-23(31)19-13-20(26)21(27)14-22(19)33-4/h13-14,17-18H,5-12,15-16,27H2,1-4H3,(H,28,31). The third-order valence-corrected chi connectivity index (χ3v) is 6.93. The lowest BCUT2D eigenvalue weighted by Gasteiger charge is -2.38. The van der Waals surface area contributed by atoms with Crippen LogP contribution in [0.15, 0.2) is 12.1 Å². The number of benzene rings is 1. The van der Waals surface area contributed by atoms with Crippen molar-refractivity contribution in [1.82, 2.24) is 15.1 Å². The molecule has 3 N–H and O–H groups in total. The first-order valence-corrected chi connectivity index (χ1v) is 12.5. The van der Waals surface area contributed by atoms with E-state index < -0.39 is 5.60 Å². The summed E-state index contributed by atoms with van der Waals surface area (Å²) >= 11 is 6.09. The number of carbonyl (C=O) groups excluding carboxylic acids is 2. The van der Waals surface area contributed by atoms with Gasteiger partial charge in [-0.1, -0.05) is 11.6 Å². The molecule has 2 amide bonds. The Hall–Kier alpha value is -2.19. The highest BCUT2D eigenvalue weighted by Gasteiger charge is 2.29. The number of nitrogens with one attached hydrogen (secondary N) is 1. The molecule has 2 saturated heterocycles. The number of amides is 2. The molecule has 0 aromatic heterocycles. The fraction of sp³-hybridized carbons (Fsp3) is 0.680. The van der Waals surface area contributed by atoms with E-state index in [1.54, 1.807) is 12.1 Å². The maximum absolute atomic E-state index is 12.7. The summed E-state index contributed by atoms with van der Waals surface area (Å²) in [6.45, 7) is 11.0. The highest BCUT2D eigenvalue weighted by atomic mass is 35.5. The minimum absolute atomic E-state index is 0.196. The van der Waals surface area contributed by atoms with Gasteiger partial charge in [-0.3, -0.25) is 4.79 Å². The van der Waals surface area contributed by atoms with E-state index in [0.29, 0.717) is 40.4 Å². The van der Waals surface area contributed by atoms with Gasteiger partial charge in [-0.25, -0.2) is 4.79 Å². The van der Waals surface area contributed by atoms with E-state index in [0.717, 1.165) is 58.4 Å². The summed E-state index contributed by atoms with van der Waals surface area (Å²) in [5.74, 6) is 1.28. The van der Waals surface area contributed by atoms with Crippen molar-refractivity contribution in [3.63, 3.8) is 0 Å². The van der Waals surface area contributed by atoms with Crippen LogP contribution in [-0.2, 0) is 4.74 Å². The zero-order valence-electron chi connectivity index (χ0n) is 20.9. The number of nitrogens with two attached hydrogens (primary N) is 1. The molecule has 1 aromatic carbocycles. The van der Waals surface area contributed by atoms with E-state index >= 15 is 0 Å². The average molecular weight is 495 g/mol. The number of nitrogen functional groups attached to an aromatic ring is 1. The van der Waals surface area contributed by atoms with Crippen LogP contribution in [0, 0.1) is 11.8 Å². The van der Waals surface area contributed by atoms with Crippen LogP contribution in [0.25, 0.3) is 0 Å². The Morgan fingerprint density at radius 3 is 2.29 bits per heavy atom. The third-order valence-electron chi connectivity index (χ3n) is 6.60. The van der Waals surface area contributed by atoms with Gasteiger partial charge in [0.05, 0.1) is 23.4 Å². The monoisotopic (exact) mass is 494 g/mol. The van der Waals surface area contributed by atoms with Gasteiger partial charge in [0.1, 0.15) is 11.4 Å². The lowest BCUT2D eigenvalue weighted by molar-refractivity contribution is 0.0164. The van der Waals surface area contributed by atoms with Gasteiger partial charge in [0.2, 0.25) is 0 Å². The van der Waals surface area contributed by atoms with Crippen molar-refractivity contribution in [2.24, 2.45) is 11.8 Å². The van der Waals surface area contributed by atoms with E-state index in [-0.39, 0.29) is 12.0 Å². The fourth-order valence-corrected chi connectivity index (χ4v) is 4.77. The predicted octanol–water partition coefficient (Wildman–Crippen LogP) is 4.02. The minimum atomic E-state index is -0.452. The second-order valence-corrected chi connectivity index (χ2v) is 10.8. The molecule has 2 aliphatic rings. The predicted molar refractivity (Wildman–Crippen MR) is 134 cm³/mol. The molecule has 0 radical (unpaired) electrons. The summed E-state index contributed by atoms with van der Waals surface area (Å²) in [7, 11) is 1.51. The molecule has 0 bridgehead atoms. The van der Waals surface area contributed by atoms with Gasteiger partial charge in [-0.15, -0.1) is 0 Å². The Morgan fingerprint density at radius 1 is 1.09 bits per heavy atom. The van der Waals surface area contributed by atoms with Crippen LogP contribution in [0.3, 0.4) is 0 Å². The van der Waals surface area contributed by atoms with Crippen molar-refractivity contribution < 1.29 is 19.1 Å². The molecule has 2 heterocycles. The number of hydrogen-bond acceptors (Lipinski definition) is 6. The maximum atomic E-state index is 12.7. The van der Waals surface area contributed by atoms with E-state index in [1.807, 2.05) is 25.7 Å². The molecular formula is C25H39ClN4O4. The van der Waals surface area contributed by atoms with Crippen LogP contribution >= 0.6 is 11.6 Å². The van der Waals surface area contributed by atoms with Gasteiger partial charge in [0, 0.05) is 32.2 Å². The average Bonchev–Trinajstić information content (AvgIpc) is 2.79. The number of anilines is 1. The zero-order valence-corrected chi connectivity index (χ0v) is 21.6. The highest BCUT2D eigenvalue weighted by Crippen LogP contribution is 2.29. The number of piperidine rings is 2. The van der Waals surface area contributed by atoms with Crippen molar-refractivity contribution in [3.8, 4) is 5.75 Å². The van der Waals surface area contributed by atoms with Gasteiger partial charge in [-0.05, 0) is 77.4 Å². The van der Waals surface area contributed by atoms with Gasteiger partial charge in [0.15, 0.2) is 0 Å². The molecule has 3 rings (SSSR count). The smallest absolute Gasteiger partial charge is 0.410 e. The Balaban J connectivity index is 1.37. The summed E-state index contributed by atoms with van der Waals surface area (Å²) < 4.78 is 10.8. The van der Waals surface area contributed by atoms with Crippen LogP contribution in [0.1, 0.15) is 56.8 Å². The van der Waals surface area contributed by atoms with Crippen LogP contribution in [0.2, 0.25) is 5.02 Å². The third kappa shape index (κ3) is 7.40. The zero-order chi connectivity index (χ0) is 24.9. The molecule has 34 heavy (non-hydrogen) atoms. The van der Waals surface area contributed by atoms with Gasteiger partial charge in [-0.2, -0.15) is 0 Å². The van der Waals surface area contributed by atoms with Crippen molar-refractivity contribution in [2.45, 2.75) is 52.1 Å². The number of rotatable bonds is 6. The van der Waals surface area contributed by atoms with E-state index in [1.165, 1.54) is 7.11 Å². The molecule has 190 valence electrons. The van der Waals surface area contributed by atoms with E-state index in [9.17, 15) is 9.59 Å². The Morgan fingerprint density at radius 2 is 1.71 bits per heavy atom. The van der Waals surface area contributed by atoms with Crippen molar-refractivity contribution in [1.29, 1.82) is 0 Å². The number of hydrogen-bond donors (Lipinski definition) is 2. The van der Waals surface area contributed by atoms with Gasteiger partial charge >= 0.3 is 6.09 Å². The SMILES string of the molecule is COc1cc(N)c(Cl)cc1C(=O)NCC1CCN(CC2CCN(C(=O)OC(C)(C)C)CC2)CC1. The molecule has 1 aromatic rings. The topological polar surface area (TPSA) is 97.1 Å². The first kappa shape index (κ1) is 26.4. The molecule has 8 nitrogen and oxygen atoms in total. The van der Waals surface area contributed by atoms with Gasteiger partial charge in [0.25, 0.3) is 5.91 Å². The molecule has 0 atom stereocenters. The number of halogens is 1. The Kier molecular flexibility index (Phi) is 8.93. The quantitative estimate of drug-likeness (QED) is 0.580. The number of carbonyl (C=O) groups is 2.